The highest BCUT2D eigenvalue weighted by atomic mass is 79.9. The second kappa shape index (κ2) is 4.63. The molecule has 0 radical (unpaired) electrons. The maximum atomic E-state index is 9.49. The Bertz CT molecular complexity index is 330. The van der Waals surface area contributed by atoms with Crippen LogP contribution in [0.25, 0.3) is 0 Å². The lowest BCUT2D eigenvalue weighted by molar-refractivity contribution is 0.275. The Morgan fingerprint density at radius 1 is 1.36 bits per heavy atom. The van der Waals surface area contributed by atoms with Crippen LogP contribution in [0.15, 0.2) is 16.6 Å². The van der Waals surface area contributed by atoms with E-state index in [9.17, 15) is 10.2 Å². The van der Waals surface area contributed by atoms with Crippen LogP contribution in [-0.4, -0.2) is 21.9 Å². The highest BCUT2D eigenvalue weighted by molar-refractivity contribution is 9.10. The van der Waals surface area contributed by atoms with Gasteiger partial charge in [-0.15, -0.1) is 0 Å². The largest absolute Gasteiger partial charge is 0.504 e. The minimum absolute atomic E-state index is 0.0616. The zero-order valence-electron chi connectivity index (χ0n) is 7.44. The van der Waals surface area contributed by atoms with Gasteiger partial charge in [0, 0.05) is 22.7 Å². The number of aliphatic hydroxyl groups excluding tert-OH is 1. The van der Waals surface area contributed by atoms with Crippen LogP contribution < -0.4 is 5.73 Å². The number of aromatic hydroxyl groups is 2. The van der Waals surface area contributed by atoms with Gasteiger partial charge in [0.1, 0.15) is 0 Å². The Morgan fingerprint density at radius 3 is 2.57 bits per heavy atom. The minimum atomic E-state index is -0.483. The highest BCUT2D eigenvalue weighted by Crippen LogP contribution is 2.36. The molecule has 5 N–H and O–H groups in total. The van der Waals surface area contributed by atoms with Crippen molar-refractivity contribution < 1.29 is 15.3 Å². The maximum absolute atomic E-state index is 9.49. The molecule has 0 amide bonds. The molecule has 0 fully saturated rings. The molecule has 4 nitrogen and oxygen atoms in total. The molecule has 5 heteroatoms. The molecule has 0 saturated heterocycles. The molecule has 78 valence electrons. The molecule has 0 aromatic heterocycles. The van der Waals surface area contributed by atoms with Gasteiger partial charge in [-0.1, -0.05) is 15.9 Å². The maximum Gasteiger partial charge on any atom is 0.162 e. The molecule has 1 aromatic rings. The van der Waals surface area contributed by atoms with Gasteiger partial charge in [0.2, 0.25) is 0 Å². The van der Waals surface area contributed by atoms with E-state index >= 15 is 0 Å². The molecule has 0 aliphatic heterocycles. The number of nitrogens with two attached hydrogens (primary N) is 1. The van der Waals surface area contributed by atoms with Crippen LogP contribution in [-0.2, 0) is 0 Å². The number of hydrogen-bond acceptors (Lipinski definition) is 4. The van der Waals surface area contributed by atoms with E-state index in [1.807, 2.05) is 0 Å². The molecule has 1 rings (SSSR count). The van der Waals surface area contributed by atoms with E-state index in [4.69, 9.17) is 10.8 Å². The van der Waals surface area contributed by atoms with Crippen molar-refractivity contribution in [2.75, 3.05) is 6.61 Å². The van der Waals surface area contributed by atoms with Crippen molar-refractivity contribution in [2.45, 2.75) is 12.5 Å². The van der Waals surface area contributed by atoms with Gasteiger partial charge in [-0.3, -0.25) is 0 Å². The first-order valence-electron chi connectivity index (χ1n) is 4.14. The highest BCUT2D eigenvalue weighted by Gasteiger charge is 2.14. The molecule has 0 bridgehead atoms. The number of benzene rings is 1. The summed E-state index contributed by atoms with van der Waals surface area (Å²) < 4.78 is 0.635. The summed E-state index contributed by atoms with van der Waals surface area (Å²) in [6, 6.07) is 2.52. The van der Waals surface area contributed by atoms with Crippen LogP contribution in [0.1, 0.15) is 18.0 Å². The molecule has 0 aliphatic carbocycles. The SMILES string of the molecule is NC(CCO)c1cc(Br)cc(O)c1O. The van der Waals surface area contributed by atoms with Crippen LogP contribution in [0.5, 0.6) is 11.5 Å². The van der Waals surface area contributed by atoms with E-state index in [0.29, 0.717) is 16.5 Å². The Labute approximate surface area is 90.1 Å². The summed E-state index contributed by atoms with van der Waals surface area (Å²) in [7, 11) is 0. The summed E-state index contributed by atoms with van der Waals surface area (Å²) in [5, 5.41) is 27.5. The van der Waals surface area contributed by atoms with Crippen molar-refractivity contribution in [3.63, 3.8) is 0 Å². The van der Waals surface area contributed by atoms with Gasteiger partial charge in [-0.2, -0.15) is 0 Å². The fraction of sp³-hybridized carbons (Fsp3) is 0.333. The van der Waals surface area contributed by atoms with Gasteiger partial charge in [-0.05, 0) is 18.6 Å². The van der Waals surface area contributed by atoms with E-state index in [2.05, 4.69) is 15.9 Å². The number of hydrogen-bond donors (Lipinski definition) is 4. The summed E-state index contributed by atoms with van der Waals surface area (Å²) in [6.45, 7) is -0.0616. The molecule has 14 heavy (non-hydrogen) atoms. The van der Waals surface area contributed by atoms with Crippen molar-refractivity contribution in [1.82, 2.24) is 0 Å². The Balaban J connectivity index is 3.07. The van der Waals surface area contributed by atoms with Gasteiger partial charge >= 0.3 is 0 Å². The number of halogens is 1. The van der Waals surface area contributed by atoms with Crippen molar-refractivity contribution in [1.29, 1.82) is 0 Å². The lowest BCUT2D eigenvalue weighted by Gasteiger charge is -2.13. The average molecular weight is 262 g/mol. The number of rotatable bonds is 3. The zero-order chi connectivity index (χ0) is 10.7. The summed E-state index contributed by atoms with van der Waals surface area (Å²) in [5.41, 5.74) is 6.11. The van der Waals surface area contributed by atoms with Gasteiger partial charge in [0.05, 0.1) is 0 Å². The fourth-order valence-electron chi connectivity index (χ4n) is 1.18. The lowest BCUT2D eigenvalue weighted by atomic mass is 10.0. The minimum Gasteiger partial charge on any atom is -0.504 e. The van der Waals surface area contributed by atoms with Gasteiger partial charge < -0.3 is 21.1 Å². The first-order chi connectivity index (χ1) is 6.56. The van der Waals surface area contributed by atoms with Crippen LogP contribution in [0.4, 0.5) is 0 Å². The van der Waals surface area contributed by atoms with Crippen molar-refractivity contribution in [2.24, 2.45) is 5.73 Å². The van der Waals surface area contributed by atoms with Crippen molar-refractivity contribution in [3.8, 4) is 11.5 Å². The summed E-state index contributed by atoms with van der Waals surface area (Å²) in [6.07, 6.45) is 0.337. The lowest BCUT2D eigenvalue weighted by Crippen LogP contribution is -2.12. The second-order valence-corrected chi connectivity index (χ2v) is 3.90. The molecular weight excluding hydrogens is 250 g/mol. The van der Waals surface area contributed by atoms with E-state index in [1.54, 1.807) is 6.07 Å². The molecular formula is C9H12BrNO3. The quantitative estimate of drug-likeness (QED) is 0.617. The molecule has 0 spiro atoms. The topological polar surface area (TPSA) is 86.7 Å². The zero-order valence-corrected chi connectivity index (χ0v) is 9.03. The third-order valence-electron chi connectivity index (χ3n) is 1.92. The number of aliphatic hydroxyl groups is 1. The third-order valence-corrected chi connectivity index (χ3v) is 2.38. The van der Waals surface area contributed by atoms with Crippen LogP contribution >= 0.6 is 15.9 Å². The molecule has 0 aliphatic rings. The second-order valence-electron chi connectivity index (χ2n) is 2.98. The summed E-state index contributed by atoms with van der Waals surface area (Å²) >= 11 is 3.18. The third kappa shape index (κ3) is 2.37. The smallest absolute Gasteiger partial charge is 0.162 e. The Kier molecular flexibility index (Phi) is 3.74. The molecule has 0 saturated carbocycles. The van der Waals surface area contributed by atoms with E-state index in [0.717, 1.165) is 0 Å². The normalized spacial score (nSPS) is 12.8. The number of phenolic OH excluding ortho intramolecular Hbond substituents is 2. The molecule has 1 atom stereocenters. The standard InChI is InChI=1S/C9H12BrNO3/c10-5-3-6(7(11)1-2-12)9(14)8(13)4-5/h3-4,7,12-14H,1-2,11H2. The molecule has 1 aromatic carbocycles. The van der Waals surface area contributed by atoms with E-state index < -0.39 is 6.04 Å². The average Bonchev–Trinajstić information content (AvgIpc) is 2.11. The van der Waals surface area contributed by atoms with E-state index in [-0.39, 0.29) is 18.1 Å². The number of phenols is 2. The van der Waals surface area contributed by atoms with Gasteiger partial charge in [-0.25, -0.2) is 0 Å². The Hall–Kier alpha value is -0.780. The van der Waals surface area contributed by atoms with Crippen molar-refractivity contribution >= 4 is 15.9 Å². The van der Waals surface area contributed by atoms with Crippen LogP contribution in [0, 0.1) is 0 Å². The molecule has 0 heterocycles. The molecule has 1 unspecified atom stereocenters. The fourth-order valence-corrected chi connectivity index (χ4v) is 1.65. The predicted molar refractivity (Wildman–Crippen MR) is 56.1 cm³/mol. The first-order valence-corrected chi connectivity index (χ1v) is 4.93. The summed E-state index contributed by atoms with van der Waals surface area (Å²) in [4.78, 5) is 0. The Morgan fingerprint density at radius 2 is 2.00 bits per heavy atom. The van der Waals surface area contributed by atoms with Crippen LogP contribution in [0.3, 0.4) is 0 Å². The van der Waals surface area contributed by atoms with Crippen molar-refractivity contribution in [3.05, 3.63) is 22.2 Å². The van der Waals surface area contributed by atoms with Crippen LogP contribution in [0.2, 0.25) is 0 Å². The van der Waals surface area contributed by atoms with E-state index in [1.165, 1.54) is 6.07 Å². The summed E-state index contributed by atoms with van der Waals surface area (Å²) in [5.74, 6) is -0.447. The monoisotopic (exact) mass is 261 g/mol. The van der Waals surface area contributed by atoms with Gasteiger partial charge in [0.25, 0.3) is 0 Å². The van der Waals surface area contributed by atoms with Gasteiger partial charge in [0.15, 0.2) is 11.5 Å². The first kappa shape index (κ1) is 11.3. The predicted octanol–water partition coefficient (Wildman–Crippen LogP) is 1.24.